The highest BCUT2D eigenvalue weighted by atomic mass is 35.5. The fourth-order valence-corrected chi connectivity index (χ4v) is 3.25. The van der Waals surface area contributed by atoms with Crippen LogP contribution in [0.15, 0.2) is 48.5 Å². The average molecular weight is 406 g/mol. The Hall–Kier alpha value is -2.44. The lowest BCUT2D eigenvalue weighted by Gasteiger charge is -2.35. The fraction of sp³-hybridized carbons (Fsp3) is 0.381. The molecule has 0 spiro atoms. The SMILES string of the molecule is COc1cc(N2CCN(C(=O)OCc3ccccc3)CC2)ccc1CCN.Cl. The largest absolute Gasteiger partial charge is 0.496 e. The van der Waals surface area contributed by atoms with E-state index >= 15 is 0 Å². The second-order valence-electron chi connectivity index (χ2n) is 6.55. The van der Waals surface area contributed by atoms with E-state index < -0.39 is 0 Å². The molecule has 6 nitrogen and oxygen atoms in total. The molecule has 28 heavy (non-hydrogen) atoms. The normalized spacial score (nSPS) is 13.6. The summed E-state index contributed by atoms with van der Waals surface area (Å²) in [5.41, 5.74) is 8.87. The Balaban J connectivity index is 0.00000280. The maximum Gasteiger partial charge on any atom is 0.410 e. The molecule has 1 aliphatic heterocycles. The van der Waals surface area contributed by atoms with Crippen LogP contribution in [0.3, 0.4) is 0 Å². The first-order chi connectivity index (χ1) is 13.2. The van der Waals surface area contributed by atoms with E-state index in [0.717, 1.165) is 42.1 Å². The molecule has 1 saturated heterocycles. The van der Waals surface area contributed by atoms with Crippen LogP contribution >= 0.6 is 12.4 Å². The Bertz CT molecular complexity index is 750. The number of hydrogen-bond acceptors (Lipinski definition) is 5. The third-order valence-corrected chi connectivity index (χ3v) is 4.79. The van der Waals surface area contributed by atoms with Gasteiger partial charge in [0.25, 0.3) is 0 Å². The van der Waals surface area contributed by atoms with Crippen molar-refractivity contribution in [3.05, 3.63) is 59.7 Å². The molecule has 0 aliphatic carbocycles. The van der Waals surface area contributed by atoms with Crippen LogP contribution in [0.2, 0.25) is 0 Å². The van der Waals surface area contributed by atoms with Crippen molar-refractivity contribution in [1.29, 1.82) is 0 Å². The van der Waals surface area contributed by atoms with Gasteiger partial charge in [-0.25, -0.2) is 4.79 Å². The summed E-state index contributed by atoms with van der Waals surface area (Å²) in [7, 11) is 1.68. The molecule has 0 saturated carbocycles. The Morgan fingerprint density at radius 1 is 1.07 bits per heavy atom. The van der Waals surface area contributed by atoms with Gasteiger partial charge in [-0.05, 0) is 30.2 Å². The van der Waals surface area contributed by atoms with Gasteiger partial charge >= 0.3 is 6.09 Å². The fourth-order valence-electron chi connectivity index (χ4n) is 3.25. The quantitative estimate of drug-likeness (QED) is 0.799. The molecule has 1 aliphatic rings. The van der Waals surface area contributed by atoms with Gasteiger partial charge in [0.1, 0.15) is 12.4 Å². The molecule has 0 aromatic heterocycles. The second-order valence-corrected chi connectivity index (χ2v) is 6.55. The number of hydrogen-bond donors (Lipinski definition) is 1. The highest BCUT2D eigenvalue weighted by Gasteiger charge is 2.23. The van der Waals surface area contributed by atoms with Crippen LogP contribution < -0.4 is 15.4 Å². The highest BCUT2D eigenvalue weighted by Crippen LogP contribution is 2.27. The van der Waals surface area contributed by atoms with Gasteiger partial charge in [-0.1, -0.05) is 36.4 Å². The number of amides is 1. The molecule has 0 radical (unpaired) electrons. The number of nitrogens with two attached hydrogens (primary N) is 1. The maximum atomic E-state index is 12.3. The predicted octanol–water partition coefficient (Wildman–Crippen LogP) is 3.08. The van der Waals surface area contributed by atoms with Crippen molar-refractivity contribution in [1.82, 2.24) is 4.90 Å². The Labute approximate surface area is 172 Å². The van der Waals surface area contributed by atoms with Crippen LogP contribution in [0.25, 0.3) is 0 Å². The summed E-state index contributed by atoms with van der Waals surface area (Å²) < 4.78 is 10.9. The van der Waals surface area contributed by atoms with Gasteiger partial charge in [-0.2, -0.15) is 0 Å². The summed E-state index contributed by atoms with van der Waals surface area (Å²) in [4.78, 5) is 16.3. The summed E-state index contributed by atoms with van der Waals surface area (Å²) in [5, 5.41) is 0. The van der Waals surface area contributed by atoms with Gasteiger partial charge in [0.05, 0.1) is 7.11 Å². The molecular weight excluding hydrogens is 378 g/mol. The smallest absolute Gasteiger partial charge is 0.410 e. The van der Waals surface area contributed by atoms with Crippen molar-refractivity contribution in [3.63, 3.8) is 0 Å². The van der Waals surface area contributed by atoms with Crippen LogP contribution in [-0.4, -0.2) is 50.8 Å². The monoisotopic (exact) mass is 405 g/mol. The van der Waals surface area contributed by atoms with Crippen molar-refractivity contribution in [2.75, 3.05) is 44.7 Å². The van der Waals surface area contributed by atoms with E-state index in [4.69, 9.17) is 15.2 Å². The van der Waals surface area contributed by atoms with Crippen molar-refractivity contribution in [2.45, 2.75) is 13.0 Å². The zero-order valence-electron chi connectivity index (χ0n) is 16.2. The van der Waals surface area contributed by atoms with Gasteiger partial charge < -0.3 is 25.0 Å². The Morgan fingerprint density at radius 3 is 2.43 bits per heavy atom. The molecule has 2 aromatic carbocycles. The first kappa shape index (κ1) is 21.9. The van der Waals surface area contributed by atoms with Gasteiger partial charge in [0.2, 0.25) is 0 Å². The third kappa shape index (κ3) is 5.53. The molecule has 1 heterocycles. The molecule has 0 unspecified atom stereocenters. The molecule has 0 atom stereocenters. The summed E-state index contributed by atoms with van der Waals surface area (Å²) >= 11 is 0. The van der Waals surface area contributed by atoms with Crippen molar-refractivity contribution in [3.8, 4) is 5.75 Å². The van der Waals surface area contributed by atoms with Crippen LogP contribution in [0.4, 0.5) is 10.5 Å². The zero-order valence-corrected chi connectivity index (χ0v) is 17.0. The number of benzene rings is 2. The van der Waals surface area contributed by atoms with Crippen LogP contribution in [0, 0.1) is 0 Å². The summed E-state index contributed by atoms with van der Waals surface area (Å²) in [6.07, 6.45) is 0.541. The van der Waals surface area contributed by atoms with Gasteiger partial charge in [-0.15, -0.1) is 12.4 Å². The first-order valence-corrected chi connectivity index (χ1v) is 9.29. The molecule has 7 heteroatoms. The number of nitrogens with zero attached hydrogens (tertiary/aromatic N) is 2. The molecule has 0 bridgehead atoms. The number of ether oxygens (including phenoxy) is 2. The van der Waals surface area contributed by atoms with E-state index in [1.165, 1.54) is 0 Å². The third-order valence-electron chi connectivity index (χ3n) is 4.79. The average Bonchev–Trinajstić information content (AvgIpc) is 2.73. The number of carbonyl (C=O) groups is 1. The van der Waals surface area contributed by atoms with Crippen molar-refractivity contribution >= 4 is 24.2 Å². The number of halogens is 1. The molecule has 3 rings (SSSR count). The molecule has 1 fully saturated rings. The van der Waals surface area contributed by atoms with Crippen molar-refractivity contribution in [2.24, 2.45) is 5.73 Å². The minimum atomic E-state index is -0.255. The van der Waals surface area contributed by atoms with Crippen molar-refractivity contribution < 1.29 is 14.3 Å². The molecule has 2 aromatic rings. The van der Waals surface area contributed by atoms with E-state index in [2.05, 4.69) is 17.0 Å². The molecule has 152 valence electrons. The minimum absolute atomic E-state index is 0. The maximum absolute atomic E-state index is 12.3. The topological polar surface area (TPSA) is 68.0 Å². The molecule has 2 N–H and O–H groups in total. The zero-order chi connectivity index (χ0) is 19.1. The van der Waals surface area contributed by atoms with Gasteiger partial charge in [0.15, 0.2) is 0 Å². The number of piperazine rings is 1. The van der Waals surface area contributed by atoms with Crippen LogP contribution in [-0.2, 0) is 17.8 Å². The Kier molecular flexibility index (Phi) is 8.42. The number of rotatable bonds is 6. The van der Waals surface area contributed by atoms with Gasteiger partial charge in [-0.3, -0.25) is 0 Å². The predicted molar refractivity (Wildman–Crippen MR) is 113 cm³/mol. The van der Waals surface area contributed by atoms with E-state index in [1.54, 1.807) is 12.0 Å². The molecular formula is C21H28ClN3O3. The second kappa shape index (κ2) is 10.8. The summed E-state index contributed by atoms with van der Waals surface area (Å²) in [6, 6.07) is 15.9. The minimum Gasteiger partial charge on any atom is -0.496 e. The van der Waals surface area contributed by atoms with Gasteiger partial charge in [0, 0.05) is 37.9 Å². The standard InChI is InChI=1S/C21H27N3O3.ClH/c1-26-20-15-19(8-7-18(20)9-10-22)23-11-13-24(14-12-23)21(25)27-16-17-5-3-2-4-6-17;/h2-8,15H,9-14,16,22H2,1H3;1H. The van der Waals surface area contributed by atoms with Crippen LogP contribution in [0.5, 0.6) is 5.75 Å². The lowest BCUT2D eigenvalue weighted by molar-refractivity contribution is 0.0942. The highest BCUT2D eigenvalue weighted by molar-refractivity contribution is 5.85. The number of methoxy groups -OCH3 is 1. The van der Waals surface area contributed by atoms with E-state index in [-0.39, 0.29) is 18.5 Å². The summed E-state index contributed by atoms with van der Waals surface area (Å²) in [6.45, 7) is 3.71. The Morgan fingerprint density at radius 2 is 1.79 bits per heavy atom. The number of carbonyl (C=O) groups excluding carboxylic acids is 1. The van der Waals surface area contributed by atoms with E-state index in [9.17, 15) is 4.79 Å². The van der Waals surface area contributed by atoms with E-state index in [0.29, 0.717) is 26.2 Å². The van der Waals surface area contributed by atoms with Crippen LogP contribution in [0.1, 0.15) is 11.1 Å². The lowest BCUT2D eigenvalue weighted by atomic mass is 10.1. The molecule has 1 amide bonds. The first-order valence-electron chi connectivity index (χ1n) is 9.29. The summed E-state index contributed by atoms with van der Waals surface area (Å²) in [5.74, 6) is 0.864. The van der Waals surface area contributed by atoms with E-state index in [1.807, 2.05) is 36.4 Å². The lowest BCUT2D eigenvalue weighted by Crippen LogP contribution is -2.48. The number of anilines is 1.